The predicted octanol–water partition coefficient (Wildman–Crippen LogP) is 3.28. The van der Waals surface area contributed by atoms with Gasteiger partial charge < -0.3 is 10.6 Å². The lowest BCUT2D eigenvalue weighted by Crippen LogP contribution is -2.32. The van der Waals surface area contributed by atoms with Crippen LogP contribution in [0.5, 0.6) is 0 Å². The molecule has 0 saturated heterocycles. The minimum Gasteiger partial charge on any atom is -0.343 e. The van der Waals surface area contributed by atoms with E-state index in [4.69, 9.17) is 0 Å². The van der Waals surface area contributed by atoms with Crippen molar-refractivity contribution in [2.75, 3.05) is 11.9 Å². The molecule has 0 aliphatic heterocycles. The number of amides is 2. The molecule has 6 heteroatoms. The van der Waals surface area contributed by atoms with Gasteiger partial charge in [0.05, 0.1) is 21.8 Å². The van der Waals surface area contributed by atoms with Crippen LogP contribution in [0, 0.1) is 13.8 Å². The molecule has 2 amide bonds. The van der Waals surface area contributed by atoms with Crippen LogP contribution in [0.1, 0.15) is 20.9 Å². The topological polar surface area (TPSA) is 71.1 Å². The Labute approximate surface area is 143 Å². The highest BCUT2D eigenvalue weighted by molar-refractivity contribution is 7.18. The average Bonchev–Trinajstić information content (AvgIpc) is 2.92. The molecule has 2 aromatic carbocycles. The summed E-state index contributed by atoms with van der Waals surface area (Å²) in [6.07, 6.45) is 0. The van der Waals surface area contributed by atoms with E-state index in [-0.39, 0.29) is 18.4 Å². The second kappa shape index (κ2) is 6.80. The lowest BCUT2D eigenvalue weighted by atomic mass is 10.1. The molecule has 122 valence electrons. The van der Waals surface area contributed by atoms with Gasteiger partial charge >= 0.3 is 0 Å². The predicted molar refractivity (Wildman–Crippen MR) is 96.5 cm³/mol. The SMILES string of the molecule is Cc1ccc(C(=O)NCC(=O)Nc2ccc3nc(C)sc3c2)cc1. The normalized spacial score (nSPS) is 10.6. The Morgan fingerprint density at radius 1 is 1.08 bits per heavy atom. The van der Waals surface area contributed by atoms with Crippen molar-refractivity contribution in [3.63, 3.8) is 0 Å². The Bertz CT molecular complexity index is 900. The third-order valence-corrected chi connectivity index (χ3v) is 4.44. The van der Waals surface area contributed by atoms with Crippen molar-refractivity contribution in [1.29, 1.82) is 0 Å². The number of rotatable bonds is 4. The van der Waals surface area contributed by atoms with Crippen molar-refractivity contribution in [2.24, 2.45) is 0 Å². The van der Waals surface area contributed by atoms with Crippen molar-refractivity contribution in [3.8, 4) is 0 Å². The largest absolute Gasteiger partial charge is 0.343 e. The second-order valence-electron chi connectivity index (χ2n) is 5.51. The van der Waals surface area contributed by atoms with Crippen LogP contribution >= 0.6 is 11.3 Å². The number of anilines is 1. The molecule has 2 N–H and O–H groups in total. The van der Waals surface area contributed by atoms with Crippen LogP contribution in [0.4, 0.5) is 5.69 Å². The van der Waals surface area contributed by atoms with E-state index in [2.05, 4.69) is 15.6 Å². The Balaban J connectivity index is 1.58. The fraction of sp³-hybridized carbons (Fsp3) is 0.167. The van der Waals surface area contributed by atoms with Crippen molar-refractivity contribution in [1.82, 2.24) is 10.3 Å². The maximum absolute atomic E-state index is 12.0. The number of hydrogen-bond acceptors (Lipinski definition) is 4. The number of aryl methyl sites for hydroxylation is 2. The number of nitrogens with zero attached hydrogens (tertiary/aromatic N) is 1. The van der Waals surface area contributed by atoms with E-state index in [1.54, 1.807) is 29.5 Å². The minimum absolute atomic E-state index is 0.0769. The number of carbonyl (C=O) groups excluding carboxylic acids is 2. The van der Waals surface area contributed by atoms with Crippen LogP contribution < -0.4 is 10.6 Å². The third-order valence-electron chi connectivity index (χ3n) is 3.50. The van der Waals surface area contributed by atoms with Gasteiger partial charge in [0, 0.05) is 11.3 Å². The minimum atomic E-state index is -0.268. The summed E-state index contributed by atoms with van der Waals surface area (Å²) in [6, 6.07) is 12.8. The fourth-order valence-electron chi connectivity index (χ4n) is 2.29. The van der Waals surface area contributed by atoms with Crippen LogP contribution in [0.25, 0.3) is 10.2 Å². The van der Waals surface area contributed by atoms with Crippen molar-refractivity contribution < 1.29 is 9.59 Å². The van der Waals surface area contributed by atoms with Gasteiger partial charge in [-0.05, 0) is 44.2 Å². The molecule has 24 heavy (non-hydrogen) atoms. The molecule has 1 aromatic heterocycles. The quantitative estimate of drug-likeness (QED) is 0.766. The van der Waals surface area contributed by atoms with Gasteiger partial charge in [0.25, 0.3) is 5.91 Å². The van der Waals surface area contributed by atoms with Gasteiger partial charge in [-0.15, -0.1) is 11.3 Å². The zero-order valence-corrected chi connectivity index (χ0v) is 14.2. The first-order chi connectivity index (χ1) is 11.5. The maximum atomic E-state index is 12.0. The Morgan fingerprint density at radius 3 is 2.58 bits per heavy atom. The van der Waals surface area contributed by atoms with E-state index in [1.807, 2.05) is 38.1 Å². The van der Waals surface area contributed by atoms with E-state index in [1.165, 1.54) is 0 Å². The van der Waals surface area contributed by atoms with Gasteiger partial charge in [0.15, 0.2) is 0 Å². The number of fused-ring (bicyclic) bond motifs is 1. The van der Waals surface area contributed by atoms with Crippen LogP contribution in [-0.2, 0) is 4.79 Å². The zero-order chi connectivity index (χ0) is 17.1. The molecule has 0 atom stereocenters. The van der Waals surface area contributed by atoms with Crippen molar-refractivity contribution in [3.05, 3.63) is 58.6 Å². The van der Waals surface area contributed by atoms with Crippen LogP contribution in [-0.4, -0.2) is 23.3 Å². The molecule has 1 heterocycles. The second-order valence-corrected chi connectivity index (χ2v) is 6.75. The standard InChI is InChI=1S/C18H17N3O2S/c1-11-3-5-13(6-4-11)18(23)19-10-17(22)21-14-7-8-15-16(9-14)24-12(2)20-15/h3-9H,10H2,1-2H3,(H,19,23)(H,21,22). The Morgan fingerprint density at radius 2 is 1.83 bits per heavy atom. The van der Waals surface area contributed by atoms with Gasteiger partial charge in [-0.25, -0.2) is 4.98 Å². The third kappa shape index (κ3) is 3.78. The molecular formula is C18H17N3O2S. The molecule has 3 rings (SSSR count). The van der Waals surface area contributed by atoms with E-state index >= 15 is 0 Å². The van der Waals surface area contributed by atoms with Gasteiger partial charge in [-0.3, -0.25) is 9.59 Å². The first kappa shape index (κ1) is 16.1. The Kier molecular flexibility index (Phi) is 4.57. The van der Waals surface area contributed by atoms with Crippen LogP contribution in [0.15, 0.2) is 42.5 Å². The molecule has 0 radical (unpaired) electrons. The van der Waals surface area contributed by atoms with Gasteiger partial charge in [-0.1, -0.05) is 17.7 Å². The summed E-state index contributed by atoms with van der Waals surface area (Å²) in [6.45, 7) is 3.83. The lowest BCUT2D eigenvalue weighted by Gasteiger charge is -2.07. The van der Waals surface area contributed by atoms with Gasteiger partial charge in [-0.2, -0.15) is 0 Å². The molecule has 0 saturated carbocycles. The summed E-state index contributed by atoms with van der Waals surface area (Å²) in [5, 5.41) is 6.39. The number of carbonyl (C=O) groups is 2. The molecular weight excluding hydrogens is 322 g/mol. The molecule has 0 aliphatic carbocycles. The van der Waals surface area contributed by atoms with Crippen LogP contribution in [0.3, 0.4) is 0 Å². The number of nitrogens with one attached hydrogen (secondary N) is 2. The first-order valence-electron chi connectivity index (χ1n) is 7.53. The van der Waals surface area contributed by atoms with Gasteiger partial charge in [0.2, 0.25) is 5.91 Å². The van der Waals surface area contributed by atoms with E-state index < -0.39 is 0 Å². The zero-order valence-electron chi connectivity index (χ0n) is 13.4. The number of aromatic nitrogens is 1. The molecule has 0 spiro atoms. The van der Waals surface area contributed by atoms with Gasteiger partial charge in [0.1, 0.15) is 0 Å². The number of benzene rings is 2. The first-order valence-corrected chi connectivity index (χ1v) is 8.35. The van der Waals surface area contributed by atoms with E-state index in [0.717, 1.165) is 20.8 Å². The smallest absolute Gasteiger partial charge is 0.251 e. The van der Waals surface area contributed by atoms with E-state index in [0.29, 0.717) is 11.3 Å². The maximum Gasteiger partial charge on any atom is 0.251 e. The molecule has 0 aliphatic rings. The van der Waals surface area contributed by atoms with E-state index in [9.17, 15) is 9.59 Å². The number of thiazole rings is 1. The highest BCUT2D eigenvalue weighted by Crippen LogP contribution is 2.24. The summed E-state index contributed by atoms with van der Waals surface area (Å²) >= 11 is 1.58. The average molecular weight is 339 g/mol. The monoisotopic (exact) mass is 339 g/mol. The fourth-order valence-corrected chi connectivity index (χ4v) is 3.16. The molecule has 0 bridgehead atoms. The summed E-state index contributed by atoms with van der Waals surface area (Å²) in [5.74, 6) is -0.533. The molecule has 3 aromatic rings. The molecule has 5 nitrogen and oxygen atoms in total. The van der Waals surface area contributed by atoms with Crippen molar-refractivity contribution in [2.45, 2.75) is 13.8 Å². The van der Waals surface area contributed by atoms with Crippen LogP contribution in [0.2, 0.25) is 0 Å². The molecule has 0 fully saturated rings. The summed E-state index contributed by atoms with van der Waals surface area (Å²) in [5.41, 5.74) is 3.23. The summed E-state index contributed by atoms with van der Waals surface area (Å²) in [4.78, 5) is 28.4. The summed E-state index contributed by atoms with van der Waals surface area (Å²) < 4.78 is 1.02. The number of hydrogen-bond donors (Lipinski definition) is 2. The highest BCUT2D eigenvalue weighted by Gasteiger charge is 2.09. The highest BCUT2D eigenvalue weighted by atomic mass is 32.1. The summed E-state index contributed by atoms with van der Waals surface area (Å²) in [7, 11) is 0. The Hall–Kier alpha value is -2.73. The van der Waals surface area contributed by atoms with Crippen molar-refractivity contribution >= 4 is 39.1 Å². The lowest BCUT2D eigenvalue weighted by molar-refractivity contribution is -0.115. The molecule has 0 unspecified atom stereocenters.